The maximum atomic E-state index is 13.0. The topological polar surface area (TPSA) is 76.5 Å². The van der Waals surface area contributed by atoms with Gasteiger partial charge in [0.25, 0.3) is 0 Å². The minimum atomic E-state index is -0.516. The highest BCUT2D eigenvalue weighted by atomic mass is 35.5. The zero-order valence-electron chi connectivity index (χ0n) is 21.4. The molecule has 4 rings (SSSR count). The monoisotopic (exact) mass is 528 g/mol. The normalized spacial score (nSPS) is 15.7. The molecule has 2 amide bonds. The lowest BCUT2D eigenvalue weighted by Crippen LogP contribution is -2.42. The van der Waals surface area contributed by atoms with Crippen LogP contribution in [0.4, 0.5) is 10.5 Å². The summed E-state index contributed by atoms with van der Waals surface area (Å²) in [6, 6.07) is 13.8. The Hall–Kier alpha value is -2.71. The van der Waals surface area contributed by atoms with Gasteiger partial charge >= 0.3 is 6.09 Å². The van der Waals surface area contributed by atoms with Gasteiger partial charge in [-0.25, -0.2) is 9.78 Å². The summed E-state index contributed by atoms with van der Waals surface area (Å²) in [6.45, 7) is 10.7. The van der Waals surface area contributed by atoms with Crippen molar-refractivity contribution in [3.8, 4) is 0 Å². The van der Waals surface area contributed by atoms with Crippen LogP contribution in [0.25, 0.3) is 11.0 Å². The number of imidazole rings is 1. The van der Waals surface area contributed by atoms with E-state index in [1.807, 2.05) is 71.0 Å². The van der Waals surface area contributed by atoms with E-state index in [9.17, 15) is 9.59 Å². The third kappa shape index (κ3) is 6.16. The average Bonchev–Trinajstić information content (AvgIpc) is 3.17. The number of aryl methyl sites for hydroxylation is 1. The number of para-hydroxylation sites is 2. The Morgan fingerprint density at radius 1 is 1.17 bits per heavy atom. The minimum absolute atomic E-state index is 0.135. The van der Waals surface area contributed by atoms with Gasteiger partial charge in [0.1, 0.15) is 5.60 Å². The molecular weight excluding hydrogens is 496 g/mol. The van der Waals surface area contributed by atoms with Crippen molar-refractivity contribution in [2.75, 3.05) is 18.4 Å². The highest BCUT2D eigenvalue weighted by Gasteiger charge is 2.30. The smallest absolute Gasteiger partial charge is 0.410 e. The van der Waals surface area contributed by atoms with Gasteiger partial charge in [-0.3, -0.25) is 4.79 Å². The molecule has 1 aromatic heterocycles. The zero-order chi connectivity index (χ0) is 26.0. The molecule has 3 aromatic rings. The van der Waals surface area contributed by atoms with Crippen molar-refractivity contribution in [3.05, 3.63) is 53.1 Å². The van der Waals surface area contributed by atoms with E-state index >= 15 is 0 Å². The molecule has 1 atom stereocenters. The molecule has 36 heavy (non-hydrogen) atoms. The number of hydrogen-bond acceptors (Lipinski definition) is 5. The second-order valence-electron chi connectivity index (χ2n) is 10.2. The molecule has 0 aliphatic carbocycles. The molecule has 0 bridgehead atoms. The third-order valence-electron chi connectivity index (χ3n) is 6.08. The van der Waals surface area contributed by atoms with Gasteiger partial charge in [0.2, 0.25) is 5.91 Å². The first-order valence-corrected chi connectivity index (χ1v) is 13.5. The lowest BCUT2D eigenvalue weighted by atomic mass is 10.0. The van der Waals surface area contributed by atoms with Gasteiger partial charge in [-0.15, -0.1) is 0 Å². The Labute approximate surface area is 221 Å². The van der Waals surface area contributed by atoms with Crippen molar-refractivity contribution in [1.29, 1.82) is 0 Å². The van der Waals surface area contributed by atoms with Crippen molar-refractivity contribution in [2.24, 2.45) is 0 Å². The summed E-state index contributed by atoms with van der Waals surface area (Å²) in [5.74, 6) is -0.135. The van der Waals surface area contributed by atoms with Crippen molar-refractivity contribution in [3.63, 3.8) is 0 Å². The molecule has 0 spiro atoms. The quantitative estimate of drug-likeness (QED) is 0.373. The molecule has 1 aliphatic rings. The van der Waals surface area contributed by atoms with Crippen LogP contribution in [0.1, 0.15) is 52.1 Å². The molecule has 192 valence electrons. The molecule has 1 N–H and O–H groups in total. The van der Waals surface area contributed by atoms with Gasteiger partial charge in [-0.1, -0.05) is 41.6 Å². The highest BCUT2D eigenvalue weighted by Crippen LogP contribution is 2.35. The number of benzene rings is 2. The number of hydrogen-bond donors (Lipinski definition) is 1. The Bertz CT molecular complexity index is 1260. The van der Waals surface area contributed by atoms with Crippen molar-refractivity contribution < 1.29 is 14.3 Å². The number of thioether (sulfide) groups is 1. The van der Waals surface area contributed by atoms with E-state index in [1.54, 1.807) is 4.90 Å². The average molecular weight is 529 g/mol. The van der Waals surface area contributed by atoms with Gasteiger partial charge in [-0.05, 0) is 77.3 Å². The highest BCUT2D eigenvalue weighted by molar-refractivity contribution is 8.00. The van der Waals surface area contributed by atoms with Gasteiger partial charge < -0.3 is 19.5 Å². The van der Waals surface area contributed by atoms with Crippen molar-refractivity contribution >= 4 is 52.1 Å². The number of carbonyl (C=O) groups is 2. The third-order valence-corrected chi connectivity index (χ3v) is 7.46. The summed E-state index contributed by atoms with van der Waals surface area (Å²) in [7, 11) is 0. The molecule has 2 aromatic carbocycles. The van der Waals surface area contributed by atoms with Crippen LogP contribution in [0.2, 0.25) is 5.02 Å². The van der Waals surface area contributed by atoms with Crippen LogP contribution >= 0.6 is 23.4 Å². The maximum absolute atomic E-state index is 13.0. The Morgan fingerprint density at radius 2 is 1.86 bits per heavy atom. The van der Waals surface area contributed by atoms with Crippen LogP contribution in [-0.4, -0.2) is 50.4 Å². The van der Waals surface area contributed by atoms with Crippen LogP contribution in [0.3, 0.4) is 0 Å². The molecule has 7 nitrogen and oxygen atoms in total. The van der Waals surface area contributed by atoms with Crippen LogP contribution in [0, 0.1) is 6.92 Å². The summed E-state index contributed by atoms with van der Waals surface area (Å²) in [5, 5.41) is 3.87. The Balaban J connectivity index is 1.50. The van der Waals surface area contributed by atoms with E-state index < -0.39 is 5.60 Å². The number of rotatable bonds is 5. The lowest BCUT2D eigenvalue weighted by molar-refractivity contribution is -0.115. The number of amides is 2. The number of nitrogens with one attached hydrogen (secondary N) is 1. The second-order valence-corrected chi connectivity index (χ2v) is 11.9. The number of halogens is 1. The summed E-state index contributed by atoms with van der Waals surface area (Å²) in [5.41, 5.74) is 3.04. The predicted molar refractivity (Wildman–Crippen MR) is 146 cm³/mol. The SMILES string of the molecule is Cc1ccc(NC(=O)C(C)Sc2nc3ccccc3n2C2CCN(C(=O)OC(C)(C)C)CC2)c(Cl)c1. The summed E-state index contributed by atoms with van der Waals surface area (Å²) >= 11 is 7.75. The van der Waals surface area contributed by atoms with Gasteiger partial charge in [0, 0.05) is 19.1 Å². The number of likely N-dealkylation sites (tertiary alicyclic amines) is 1. The fourth-order valence-corrected chi connectivity index (χ4v) is 5.54. The molecule has 9 heteroatoms. The first-order chi connectivity index (χ1) is 17.0. The Kier molecular flexibility index (Phi) is 7.85. The zero-order valence-corrected chi connectivity index (χ0v) is 22.9. The number of piperidine rings is 1. The number of fused-ring (bicyclic) bond motifs is 1. The Morgan fingerprint density at radius 3 is 2.53 bits per heavy atom. The summed E-state index contributed by atoms with van der Waals surface area (Å²) < 4.78 is 7.78. The first kappa shape index (κ1) is 26.4. The van der Waals surface area contributed by atoms with E-state index in [1.165, 1.54) is 11.8 Å². The predicted octanol–water partition coefficient (Wildman–Crippen LogP) is 6.69. The number of ether oxygens (including phenoxy) is 1. The van der Waals surface area contributed by atoms with E-state index in [2.05, 4.69) is 16.0 Å². The van der Waals surface area contributed by atoms with Gasteiger partial charge in [0.05, 0.1) is 27.0 Å². The van der Waals surface area contributed by atoms with E-state index in [0.717, 1.165) is 34.6 Å². The summed E-state index contributed by atoms with van der Waals surface area (Å²) in [4.78, 5) is 32.2. The fraction of sp³-hybridized carbons (Fsp3) is 0.444. The van der Waals surface area contributed by atoms with Crippen LogP contribution in [-0.2, 0) is 9.53 Å². The van der Waals surface area contributed by atoms with E-state index in [4.69, 9.17) is 21.3 Å². The number of anilines is 1. The van der Waals surface area contributed by atoms with Crippen LogP contribution in [0.15, 0.2) is 47.6 Å². The van der Waals surface area contributed by atoms with Crippen molar-refractivity contribution in [1.82, 2.24) is 14.5 Å². The minimum Gasteiger partial charge on any atom is -0.444 e. The molecule has 0 saturated carbocycles. The molecule has 0 radical (unpaired) electrons. The van der Waals surface area contributed by atoms with E-state index in [-0.39, 0.29) is 23.3 Å². The lowest BCUT2D eigenvalue weighted by Gasteiger charge is -2.34. The number of nitrogens with zero attached hydrogens (tertiary/aromatic N) is 3. The largest absolute Gasteiger partial charge is 0.444 e. The molecule has 2 heterocycles. The second kappa shape index (κ2) is 10.7. The number of carbonyl (C=O) groups excluding carboxylic acids is 2. The van der Waals surface area contributed by atoms with Gasteiger partial charge in [-0.2, -0.15) is 0 Å². The standard InChI is InChI=1S/C27H33ClN4O3S/c1-17-10-11-21(20(28)16-17)29-24(33)18(2)36-25-30-22-8-6-7-9-23(22)32(25)19-12-14-31(15-13-19)26(34)35-27(3,4)5/h6-11,16,18-19H,12-15H2,1-5H3,(H,29,33). The molecular formula is C27H33ClN4O3S. The summed E-state index contributed by atoms with van der Waals surface area (Å²) in [6.07, 6.45) is 1.30. The molecule has 1 saturated heterocycles. The van der Waals surface area contributed by atoms with E-state index in [0.29, 0.717) is 23.8 Å². The maximum Gasteiger partial charge on any atom is 0.410 e. The number of aromatic nitrogens is 2. The molecule has 1 unspecified atom stereocenters. The fourth-order valence-electron chi connectivity index (χ4n) is 4.26. The molecule has 1 fully saturated rings. The van der Waals surface area contributed by atoms with Crippen LogP contribution in [0.5, 0.6) is 0 Å². The van der Waals surface area contributed by atoms with Gasteiger partial charge in [0.15, 0.2) is 5.16 Å². The first-order valence-electron chi connectivity index (χ1n) is 12.2. The van der Waals surface area contributed by atoms with Crippen LogP contribution < -0.4 is 5.32 Å². The van der Waals surface area contributed by atoms with Crippen molar-refractivity contribution in [2.45, 2.75) is 69.5 Å². The molecule has 1 aliphatic heterocycles.